The Hall–Kier alpha value is -1.32. The summed E-state index contributed by atoms with van der Waals surface area (Å²) in [5.74, 6) is 1.50. The Balaban J connectivity index is 2.58. The van der Waals surface area contributed by atoms with E-state index in [9.17, 15) is 4.79 Å². The first-order valence-corrected chi connectivity index (χ1v) is 4.86. The molecule has 0 radical (unpaired) electrons. The van der Waals surface area contributed by atoms with Gasteiger partial charge in [-0.2, -0.15) is 0 Å². The fourth-order valence-electron chi connectivity index (χ4n) is 1.36. The fraction of sp³-hybridized carbons (Fsp3) is 0.600. The van der Waals surface area contributed by atoms with Crippen LogP contribution < -0.4 is 5.32 Å². The molecular formula is C10H17N3O. The van der Waals surface area contributed by atoms with E-state index in [2.05, 4.69) is 24.1 Å². The number of amides is 1. The molecule has 1 aromatic heterocycles. The molecule has 0 saturated heterocycles. The van der Waals surface area contributed by atoms with Gasteiger partial charge in [0.25, 0.3) is 0 Å². The zero-order valence-electron chi connectivity index (χ0n) is 8.95. The summed E-state index contributed by atoms with van der Waals surface area (Å²) in [6, 6.07) is 0. The van der Waals surface area contributed by atoms with Gasteiger partial charge in [-0.05, 0) is 0 Å². The summed E-state index contributed by atoms with van der Waals surface area (Å²) in [7, 11) is 1.65. The van der Waals surface area contributed by atoms with E-state index in [4.69, 9.17) is 0 Å². The number of carbonyl (C=O) groups is 1. The zero-order valence-corrected chi connectivity index (χ0v) is 8.95. The number of nitrogens with zero attached hydrogens (tertiary/aromatic N) is 2. The molecule has 0 aliphatic carbocycles. The van der Waals surface area contributed by atoms with Gasteiger partial charge in [0.1, 0.15) is 5.82 Å². The van der Waals surface area contributed by atoms with Crippen LogP contribution in [-0.2, 0) is 11.3 Å². The molecule has 0 spiro atoms. The van der Waals surface area contributed by atoms with Gasteiger partial charge >= 0.3 is 0 Å². The van der Waals surface area contributed by atoms with Crippen molar-refractivity contribution in [3.8, 4) is 0 Å². The summed E-state index contributed by atoms with van der Waals surface area (Å²) in [6.45, 7) is 4.89. The van der Waals surface area contributed by atoms with Crippen LogP contribution in [0.4, 0.5) is 0 Å². The van der Waals surface area contributed by atoms with Crippen LogP contribution in [0, 0.1) is 0 Å². The van der Waals surface area contributed by atoms with Gasteiger partial charge in [0.05, 0.1) is 0 Å². The van der Waals surface area contributed by atoms with E-state index in [0.717, 1.165) is 5.82 Å². The van der Waals surface area contributed by atoms with Crippen molar-refractivity contribution in [3.05, 3.63) is 18.2 Å². The van der Waals surface area contributed by atoms with Crippen LogP contribution in [0.15, 0.2) is 12.4 Å². The zero-order chi connectivity index (χ0) is 10.6. The lowest BCUT2D eigenvalue weighted by molar-refractivity contribution is -0.120. The minimum Gasteiger partial charge on any atom is -0.359 e. The highest BCUT2D eigenvalue weighted by Gasteiger charge is 2.07. The molecule has 0 bridgehead atoms. The highest BCUT2D eigenvalue weighted by molar-refractivity contribution is 5.75. The van der Waals surface area contributed by atoms with Crippen molar-refractivity contribution in [2.45, 2.75) is 32.7 Å². The second-order valence-corrected chi connectivity index (χ2v) is 3.56. The number of hydrogen-bond acceptors (Lipinski definition) is 2. The quantitative estimate of drug-likeness (QED) is 0.783. The van der Waals surface area contributed by atoms with Crippen molar-refractivity contribution in [1.29, 1.82) is 0 Å². The van der Waals surface area contributed by atoms with E-state index in [-0.39, 0.29) is 5.91 Å². The minimum absolute atomic E-state index is 0.0633. The molecule has 0 aliphatic heterocycles. The highest BCUT2D eigenvalue weighted by atomic mass is 16.1. The highest BCUT2D eigenvalue weighted by Crippen LogP contribution is 2.11. The topological polar surface area (TPSA) is 46.9 Å². The molecule has 0 saturated carbocycles. The summed E-state index contributed by atoms with van der Waals surface area (Å²) >= 11 is 0. The van der Waals surface area contributed by atoms with Crippen molar-refractivity contribution in [3.63, 3.8) is 0 Å². The van der Waals surface area contributed by atoms with Crippen LogP contribution in [0.2, 0.25) is 0 Å². The summed E-state index contributed by atoms with van der Waals surface area (Å²) in [5.41, 5.74) is 0. The number of hydrogen-bond donors (Lipinski definition) is 1. The molecule has 4 heteroatoms. The largest absolute Gasteiger partial charge is 0.359 e. The first kappa shape index (κ1) is 10.8. The second kappa shape index (κ2) is 4.79. The molecule has 0 aliphatic rings. The van der Waals surface area contributed by atoms with Crippen molar-refractivity contribution in [1.82, 2.24) is 14.9 Å². The molecule has 1 rings (SSSR count). The fourth-order valence-corrected chi connectivity index (χ4v) is 1.36. The first-order chi connectivity index (χ1) is 6.65. The molecule has 1 aromatic rings. The maximum absolute atomic E-state index is 11.0. The molecule has 0 fully saturated rings. The van der Waals surface area contributed by atoms with E-state index in [1.807, 2.05) is 10.8 Å². The third kappa shape index (κ3) is 2.58. The molecule has 0 unspecified atom stereocenters. The van der Waals surface area contributed by atoms with E-state index >= 15 is 0 Å². The number of aryl methyl sites for hydroxylation is 1. The predicted octanol–water partition coefficient (Wildman–Crippen LogP) is 1.14. The summed E-state index contributed by atoms with van der Waals surface area (Å²) < 4.78 is 2.03. The summed E-state index contributed by atoms with van der Waals surface area (Å²) in [6.07, 6.45) is 4.20. The number of nitrogens with one attached hydrogen (secondary N) is 1. The van der Waals surface area contributed by atoms with Gasteiger partial charge in [0, 0.05) is 38.3 Å². The Kier molecular flexibility index (Phi) is 3.68. The third-order valence-electron chi connectivity index (χ3n) is 2.12. The third-order valence-corrected chi connectivity index (χ3v) is 2.12. The van der Waals surface area contributed by atoms with Crippen LogP contribution in [0.3, 0.4) is 0 Å². The number of rotatable bonds is 4. The van der Waals surface area contributed by atoms with Gasteiger partial charge in [0.2, 0.25) is 5.91 Å². The molecule has 4 nitrogen and oxygen atoms in total. The average molecular weight is 195 g/mol. The Labute approximate surface area is 84.3 Å². The summed E-state index contributed by atoms with van der Waals surface area (Å²) in [5, 5.41) is 2.60. The molecule has 0 aromatic carbocycles. The standard InChI is InChI=1S/C10H17N3O/c1-8(2)10-12-5-7-13(10)6-4-9(14)11-3/h5,7-8H,4,6H2,1-3H3,(H,11,14). The van der Waals surface area contributed by atoms with Crippen LogP contribution in [0.1, 0.15) is 32.0 Å². The van der Waals surface area contributed by atoms with Crippen LogP contribution in [0.5, 0.6) is 0 Å². The van der Waals surface area contributed by atoms with Gasteiger partial charge in [0.15, 0.2) is 0 Å². The minimum atomic E-state index is 0.0633. The van der Waals surface area contributed by atoms with Crippen molar-refractivity contribution in [2.75, 3.05) is 7.05 Å². The monoisotopic (exact) mass is 195 g/mol. The number of aromatic nitrogens is 2. The molecular weight excluding hydrogens is 178 g/mol. The van der Waals surface area contributed by atoms with Crippen molar-refractivity contribution in [2.24, 2.45) is 0 Å². The van der Waals surface area contributed by atoms with Gasteiger partial charge < -0.3 is 9.88 Å². The average Bonchev–Trinajstić information content (AvgIpc) is 2.62. The molecule has 1 heterocycles. The molecule has 0 atom stereocenters. The van der Waals surface area contributed by atoms with Crippen LogP contribution >= 0.6 is 0 Å². The Morgan fingerprint density at radius 1 is 1.64 bits per heavy atom. The first-order valence-electron chi connectivity index (χ1n) is 4.86. The lowest BCUT2D eigenvalue weighted by atomic mass is 10.2. The van der Waals surface area contributed by atoms with Gasteiger partial charge in [-0.1, -0.05) is 13.8 Å². The van der Waals surface area contributed by atoms with Crippen LogP contribution in [0.25, 0.3) is 0 Å². The van der Waals surface area contributed by atoms with Gasteiger partial charge in [-0.3, -0.25) is 4.79 Å². The van der Waals surface area contributed by atoms with Crippen molar-refractivity contribution >= 4 is 5.91 Å². The normalized spacial score (nSPS) is 10.6. The van der Waals surface area contributed by atoms with E-state index < -0.39 is 0 Å². The van der Waals surface area contributed by atoms with Gasteiger partial charge in [-0.15, -0.1) is 0 Å². The van der Waals surface area contributed by atoms with Crippen molar-refractivity contribution < 1.29 is 4.79 Å². The van der Waals surface area contributed by atoms with Crippen LogP contribution in [-0.4, -0.2) is 22.5 Å². The smallest absolute Gasteiger partial charge is 0.221 e. The maximum atomic E-state index is 11.0. The Morgan fingerprint density at radius 2 is 2.36 bits per heavy atom. The van der Waals surface area contributed by atoms with Gasteiger partial charge in [-0.25, -0.2) is 4.98 Å². The van der Waals surface area contributed by atoms with E-state index in [0.29, 0.717) is 18.9 Å². The maximum Gasteiger partial charge on any atom is 0.221 e. The summed E-state index contributed by atoms with van der Waals surface area (Å²) in [4.78, 5) is 15.3. The molecule has 1 amide bonds. The SMILES string of the molecule is CNC(=O)CCn1ccnc1C(C)C. The second-order valence-electron chi connectivity index (χ2n) is 3.56. The van der Waals surface area contributed by atoms with E-state index in [1.165, 1.54) is 0 Å². The number of imidazole rings is 1. The predicted molar refractivity (Wildman–Crippen MR) is 55.0 cm³/mol. The Morgan fingerprint density at radius 3 is 2.93 bits per heavy atom. The molecule has 1 N–H and O–H groups in total. The van der Waals surface area contributed by atoms with E-state index in [1.54, 1.807) is 13.2 Å². The molecule has 78 valence electrons. The lowest BCUT2D eigenvalue weighted by Crippen LogP contribution is -2.20. The number of carbonyl (C=O) groups excluding carboxylic acids is 1. The molecule has 14 heavy (non-hydrogen) atoms. The lowest BCUT2D eigenvalue weighted by Gasteiger charge is -2.09. The Bertz CT molecular complexity index is 304.